The molecule has 12 aromatic rings. The molecule has 0 amide bonds. The van der Waals surface area contributed by atoms with Gasteiger partial charge in [0.15, 0.2) is 0 Å². The molecule has 0 aliphatic heterocycles. The second-order valence-corrected chi connectivity index (χ2v) is 18.5. The predicted molar refractivity (Wildman–Crippen MR) is 298 cm³/mol. The predicted octanol–water partition coefficient (Wildman–Crippen LogP) is 18.7. The number of anilines is 3. The highest BCUT2D eigenvalue weighted by Crippen LogP contribution is 2.44. The molecule has 13 rings (SSSR count). The first kappa shape index (κ1) is 41.2. The maximum atomic E-state index is 2.46. The van der Waals surface area contributed by atoms with Gasteiger partial charge < -0.3 is 9.47 Å². The third-order valence-electron chi connectivity index (χ3n) is 14.2. The zero-order valence-electron chi connectivity index (χ0n) is 38.7. The van der Waals surface area contributed by atoms with Gasteiger partial charge in [-0.05, 0) is 181 Å². The van der Waals surface area contributed by atoms with Crippen LogP contribution in [0.15, 0.2) is 261 Å². The van der Waals surface area contributed by atoms with Gasteiger partial charge in [-0.3, -0.25) is 0 Å². The standard InChI is InChI=1S/C68H48N2/c1-4-16-47(17-5-1)57-41-58(48-18-6-2-7-19-48)43-59(42-57)51-34-38-62(39-35-51)69(61-36-32-50(33-37-61)55-31-30-49-20-10-11-21-52(49)40-55)63-27-14-24-56(44-63)64-28-15-29-66-68(64)65-45-53-22-12-13-23-54(53)46-67(65)70(66)60-25-8-3-9-26-60/h1-11,13-21,23-46H,12,22H2. The molecule has 0 atom stereocenters. The number of hydrogen-bond donors (Lipinski definition) is 0. The van der Waals surface area contributed by atoms with Gasteiger partial charge in [0.1, 0.15) is 0 Å². The van der Waals surface area contributed by atoms with E-state index in [0.29, 0.717) is 0 Å². The van der Waals surface area contributed by atoms with Gasteiger partial charge in [0.25, 0.3) is 0 Å². The van der Waals surface area contributed by atoms with Crippen LogP contribution < -0.4 is 4.90 Å². The van der Waals surface area contributed by atoms with Gasteiger partial charge >= 0.3 is 0 Å². The van der Waals surface area contributed by atoms with Crippen LogP contribution in [-0.4, -0.2) is 4.57 Å². The van der Waals surface area contributed by atoms with E-state index < -0.39 is 0 Å². The van der Waals surface area contributed by atoms with Crippen molar-refractivity contribution in [1.82, 2.24) is 4.57 Å². The molecule has 0 fully saturated rings. The zero-order chi connectivity index (χ0) is 46.4. The Morgan fingerprint density at radius 1 is 0.343 bits per heavy atom. The van der Waals surface area contributed by atoms with Crippen LogP contribution in [0.25, 0.3) is 100.0 Å². The average molecular weight is 893 g/mol. The summed E-state index contributed by atoms with van der Waals surface area (Å²) in [5.41, 5.74) is 21.5. The van der Waals surface area contributed by atoms with Gasteiger partial charge in [-0.2, -0.15) is 0 Å². The highest BCUT2D eigenvalue weighted by atomic mass is 15.1. The minimum atomic E-state index is 1.05. The van der Waals surface area contributed by atoms with Crippen LogP contribution in [0.4, 0.5) is 17.1 Å². The molecule has 1 aromatic heterocycles. The van der Waals surface area contributed by atoms with E-state index in [4.69, 9.17) is 0 Å². The Morgan fingerprint density at radius 2 is 0.900 bits per heavy atom. The summed E-state index contributed by atoms with van der Waals surface area (Å²) in [5, 5.41) is 5.06. The van der Waals surface area contributed by atoms with E-state index in [-0.39, 0.29) is 0 Å². The Kier molecular flexibility index (Phi) is 10.4. The number of hydrogen-bond acceptors (Lipinski definition) is 1. The number of aryl methyl sites for hydroxylation is 1. The lowest BCUT2D eigenvalue weighted by atomic mass is 9.93. The van der Waals surface area contributed by atoms with Crippen molar-refractivity contribution in [3.63, 3.8) is 0 Å². The highest BCUT2D eigenvalue weighted by molar-refractivity contribution is 6.16. The fourth-order valence-corrected chi connectivity index (χ4v) is 10.7. The summed E-state index contributed by atoms with van der Waals surface area (Å²) in [4.78, 5) is 2.41. The molecule has 2 nitrogen and oxygen atoms in total. The van der Waals surface area contributed by atoms with Gasteiger partial charge in [-0.25, -0.2) is 0 Å². The van der Waals surface area contributed by atoms with Crippen molar-refractivity contribution >= 4 is 55.7 Å². The van der Waals surface area contributed by atoms with Gasteiger partial charge in [0.05, 0.1) is 11.0 Å². The van der Waals surface area contributed by atoms with Crippen molar-refractivity contribution in [2.75, 3.05) is 4.90 Å². The SMILES string of the molecule is C1=Cc2cc3c(cc2CC1)c1c(-c2cccc(N(c4ccc(-c5cc(-c6ccccc6)cc(-c6ccccc6)c5)cc4)c4ccc(-c5ccc6ccccc6c5)cc4)c2)cccc1n3-c1ccccc1. The third-order valence-corrected chi connectivity index (χ3v) is 14.2. The molecule has 1 heterocycles. The summed E-state index contributed by atoms with van der Waals surface area (Å²) >= 11 is 0. The molecule has 1 aliphatic carbocycles. The van der Waals surface area contributed by atoms with Crippen LogP contribution in [0.2, 0.25) is 0 Å². The maximum absolute atomic E-state index is 2.46. The molecule has 0 radical (unpaired) electrons. The number of fused-ring (bicyclic) bond motifs is 5. The summed E-state index contributed by atoms with van der Waals surface area (Å²) in [6.45, 7) is 0. The molecule has 11 aromatic carbocycles. The van der Waals surface area contributed by atoms with Gasteiger partial charge in [0.2, 0.25) is 0 Å². The summed E-state index contributed by atoms with van der Waals surface area (Å²) < 4.78 is 2.45. The molecular weight excluding hydrogens is 845 g/mol. The van der Waals surface area contributed by atoms with E-state index in [1.807, 2.05) is 0 Å². The van der Waals surface area contributed by atoms with E-state index >= 15 is 0 Å². The maximum Gasteiger partial charge on any atom is 0.0547 e. The van der Waals surface area contributed by atoms with E-state index in [1.54, 1.807) is 0 Å². The summed E-state index contributed by atoms with van der Waals surface area (Å²) in [6.07, 6.45) is 6.73. The molecule has 0 bridgehead atoms. The number of allylic oxidation sites excluding steroid dienone is 1. The van der Waals surface area contributed by atoms with Gasteiger partial charge in [0, 0.05) is 33.5 Å². The molecule has 0 N–H and O–H groups in total. The Hall–Kier alpha value is -8.98. The van der Waals surface area contributed by atoms with Crippen molar-refractivity contribution in [2.24, 2.45) is 0 Å². The van der Waals surface area contributed by atoms with Crippen LogP contribution in [0.1, 0.15) is 17.5 Å². The van der Waals surface area contributed by atoms with E-state index in [1.165, 1.54) is 99.3 Å². The molecule has 0 saturated heterocycles. The van der Waals surface area contributed by atoms with Gasteiger partial charge in [-0.15, -0.1) is 0 Å². The minimum Gasteiger partial charge on any atom is -0.310 e. The third kappa shape index (κ3) is 7.57. The normalized spacial score (nSPS) is 12.1. The van der Waals surface area contributed by atoms with E-state index in [2.05, 4.69) is 276 Å². The monoisotopic (exact) mass is 892 g/mol. The first-order valence-electron chi connectivity index (χ1n) is 24.4. The first-order valence-corrected chi connectivity index (χ1v) is 24.4. The fraction of sp³-hybridized carbons (Fsp3) is 0.0294. The second kappa shape index (κ2) is 17.6. The minimum absolute atomic E-state index is 1.05. The summed E-state index contributed by atoms with van der Waals surface area (Å²) in [6, 6.07) is 93.5. The molecule has 0 saturated carbocycles. The number of benzene rings is 11. The zero-order valence-corrected chi connectivity index (χ0v) is 38.7. The lowest BCUT2D eigenvalue weighted by Gasteiger charge is -2.26. The molecule has 0 spiro atoms. The summed E-state index contributed by atoms with van der Waals surface area (Å²) in [7, 11) is 0. The quantitative estimate of drug-likeness (QED) is 0.140. The van der Waals surface area contributed by atoms with Crippen LogP contribution in [0.3, 0.4) is 0 Å². The fourth-order valence-electron chi connectivity index (χ4n) is 10.7. The van der Waals surface area contributed by atoms with Crippen molar-refractivity contribution < 1.29 is 0 Å². The Balaban J connectivity index is 0.950. The molecular formula is C68H48N2. The molecule has 70 heavy (non-hydrogen) atoms. The second-order valence-electron chi connectivity index (χ2n) is 18.5. The lowest BCUT2D eigenvalue weighted by molar-refractivity contribution is 0.988. The smallest absolute Gasteiger partial charge is 0.0547 e. The van der Waals surface area contributed by atoms with Gasteiger partial charge in [-0.1, -0.05) is 176 Å². The van der Waals surface area contributed by atoms with Crippen LogP contribution in [-0.2, 0) is 6.42 Å². The molecule has 0 unspecified atom stereocenters. The van der Waals surface area contributed by atoms with E-state index in [0.717, 1.165) is 35.6 Å². The summed E-state index contributed by atoms with van der Waals surface area (Å²) in [5.74, 6) is 0. The largest absolute Gasteiger partial charge is 0.310 e. The van der Waals surface area contributed by atoms with Crippen LogP contribution >= 0.6 is 0 Å². The number of rotatable bonds is 9. The molecule has 330 valence electrons. The topological polar surface area (TPSA) is 8.17 Å². The van der Waals surface area contributed by atoms with Crippen molar-refractivity contribution in [1.29, 1.82) is 0 Å². The number of para-hydroxylation sites is 1. The highest BCUT2D eigenvalue weighted by Gasteiger charge is 2.21. The first-order chi connectivity index (χ1) is 34.7. The average Bonchev–Trinajstić information content (AvgIpc) is 3.76. The Labute approximate surface area is 409 Å². The Morgan fingerprint density at radius 3 is 1.57 bits per heavy atom. The van der Waals surface area contributed by atoms with E-state index in [9.17, 15) is 0 Å². The van der Waals surface area contributed by atoms with Crippen LogP contribution in [0, 0.1) is 0 Å². The lowest BCUT2D eigenvalue weighted by Crippen LogP contribution is -2.10. The Bertz CT molecular complexity index is 3840. The van der Waals surface area contributed by atoms with Crippen molar-refractivity contribution in [2.45, 2.75) is 12.8 Å². The number of nitrogens with zero attached hydrogens (tertiary/aromatic N) is 2. The molecule has 1 aliphatic rings. The van der Waals surface area contributed by atoms with Crippen LogP contribution in [0.5, 0.6) is 0 Å². The number of aromatic nitrogens is 1. The van der Waals surface area contributed by atoms with Crippen molar-refractivity contribution in [3.05, 3.63) is 272 Å². The molecule has 2 heteroatoms. The van der Waals surface area contributed by atoms with Crippen molar-refractivity contribution in [3.8, 4) is 61.3 Å².